The summed E-state index contributed by atoms with van der Waals surface area (Å²) in [6.07, 6.45) is 1.40. The standard InChI is InChI=1S/C11H16N2O4S2/c1-2-12-8-9(7-10(12)11(14)15)19(16,17)13-3-5-18-6-4-13/h7-8H,2-6H2,1H3,(H,14,15). The summed E-state index contributed by atoms with van der Waals surface area (Å²) in [7, 11) is -3.57. The van der Waals surface area contributed by atoms with Crippen LogP contribution < -0.4 is 0 Å². The summed E-state index contributed by atoms with van der Waals surface area (Å²) in [5.74, 6) is 0.441. The zero-order valence-electron chi connectivity index (χ0n) is 10.6. The molecule has 1 aliphatic rings. The van der Waals surface area contributed by atoms with Crippen molar-refractivity contribution in [2.24, 2.45) is 0 Å². The van der Waals surface area contributed by atoms with Crippen molar-refractivity contribution in [1.82, 2.24) is 8.87 Å². The average Bonchev–Trinajstić information content (AvgIpc) is 2.84. The van der Waals surface area contributed by atoms with Gasteiger partial charge in [0.1, 0.15) is 10.6 Å². The Labute approximate surface area is 116 Å². The molecule has 0 aromatic carbocycles. The molecule has 6 nitrogen and oxygen atoms in total. The van der Waals surface area contributed by atoms with E-state index in [2.05, 4.69) is 0 Å². The summed E-state index contributed by atoms with van der Waals surface area (Å²) in [5.41, 5.74) is 0.00691. The quantitative estimate of drug-likeness (QED) is 0.895. The van der Waals surface area contributed by atoms with Crippen molar-refractivity contribution in [3.63, 3.8) is 0 Å². The van der Waals surface area contributed by atoms with Crippen molar-refractivity contribution in [2.45, 2.75) is 18.4 Å². The Morgan fingerprint density at radius 1 is 1.42 bits per heavy atom. The molecule has 0 unspecified atom stereocenters. The molecular formula is C11H16N2O4S2. The lowest BCUT2D eigenvalue weighted by Gasteiger charge is -2.24. The predicted molar refractivity (Wildman–Crippen MR) is 73.1 cm³/mol. The molecular weight excluding hydrogens is 288 g/mol. The Bertz CT molecular complexity index is 574. The van der Waals surface area contributed by atoms with Gasteiger partial charge in [-0.1, -0.05) is 0 Å². The first-order valence-electron chi connectivity index (χ1n) is 5.98. The zero-order chi connectivity index (χ0) is 14.0. The molecule has 2 heterocycles. The van der Waals surface area contributed by atoms with E-state index in [0.29, 0.717) is 19.6 Å². The van der Waals surface area contributed by atoms with E-state index in [-0.39, 0.29) is 10.6 Å². The Hall–Kier alpha value is -0.990. The van der Waals surface area contributed by atoms with Gasteiger partial charge in [-0.2, -0.15) is 16.1 Å². The number of aryl methyl sites for hydroxylation is 1. The molecule has 19 heavy (non-hydrogen) atoms. The number of hydrogen-bond acceptors (Lipinski definition) is 4. The van der Waals surface area contributed by atoms with Gasteiger partial charge in [0, 0.05) is 37.3 Å². The Kier molecular flexibility index (Phi) is 4.22. The van der Waals surface area contributed by atoms with Gasteiger partial charge in [-0.15, -0.1) is 0 Å². The fraction of sp³-hybridized carbons (Fsp3) is 0.545. The lowest BCUT2D eigenvalue weighted by atomic mass is 10.4. The van der Waals surface area contributed by atoms with Crippen LogP contribution in [0.25, 0.3) is 0 Å². The van der Waals surface area contributed by atoms with Gasteiger partial charge in [0.05, 0.1) is 0 Å². The number of nitrogens with zero attached hydrogens (tertiary/aromatic N) is 2. The number of hydrogen-bond donors (Lipinski definition) is 1. The molecule has 0 bridgehead atoms. The molecule has 2 rings (SSSR count). The maximum Gasteiger partial charge on any atom is 0.352 e. The van der Waals surface area contributed by atoms with Crippen LogP contribution in [0.1, 0.15) is 17.4 Å². The molecule has 0 aliphatic carbocycles. The van der Waals surface area contributed by atoms with Crippen LogP contribution in [0.3, 0.4) is 0 Å². The fourth-order valence-electron chi connectivity index (χ4n) is 2.00. The van der Waals surface area contributed by atoms with Crippen LogP contribution in [-0.4, -0.2) is 53.0 Å². The van der Waals surface area contributed by atoms with Gasteiger partial charge in [-0.3, -0.25) is 0 Å². The summed E-state index contributed by atoms with van der Waals surface area (Å²) in [4.78, 5) is 11.1. The summed E-state index contributed by atoms with van der Waals surface area (Å²) in [5, 5.41) is 9.05. The Morgan fingerprint density at radius 2 is 2.05 bits per heavy atom. The molecule has 106 valence electrons. The van der Waals surface area contributed by atoms with E-state index in [9.17, 15) is 13.2 Å². The monoisotopic (exact) mass is 304 g/mol. The lowest BCUT2D eigenvalue weighted by Crippen LogP contribution is -2.37. The number of carbonyl (C=O) groups is 1. The van der Waals surface area contributed by atoms with Gasteiger partial charge >= 0.3 is 5.97 Å². The van der Waals surface area contributed by atoms with E-state index < -0.39 is 16.0 Å². The molecule has 0 amide bonds. The smallest absolute Gasteiger partial charge is 0.352 e. The van der Waals surface area contributed by atoms with Crippen molar-refractivity contribution < 1.29 is 18.3 Å². The van der Waals surface area contributed by atoms with Crippen LogP contribution in [-0.2, 0) is 16.6 Å². The van der Waals surface area contributed by atoms with Crippen molar-refractivity contribution in [3.05, 3.63) is 18.0 Å². The van der Waals surface area contributed by atoms with Crippen LogP contribution in [0.2, 0.25) is 0 Å². The Morgan fingerprint density at radius 3 is 2.53 bits per heavy atom. The highest BCUT2D eigenvalue weighted by atomic mass is 32.2. The minimum absolute atomic E-state index is 0.00691. The first kappa shape index (κ1) is 14.4. The summed E-state index contributed by atoms with van der Waals surface area (Å²) >= 11 is 1.72. The predicted octanol–water partition coefficient (Wildman–Crippen LogP) is 0.944. The maximum atomic E-state index is 12.4. The highest BCUT2D eigenvalue weighted by Gasteiger charge is 2.28. The molecule has 1 N–H and O–H groups in total. The number of rotatable bonds is 4. The normalized spacial score (nSPS) is 17.5. The second-order valence-corrected chi connectivity index (χ2v) is 7.33. The van der Waals surface area contributed by atoms with Crippen LogP contribution in [0.4, 0.5) is 0 Å². The lowest BCUT2D eigenvalue weighted by molar-refractivity contribution is 0.0685. The molecule has 0 atom stereocenters. The van der Waals surface area contributed by atoms with Gasteiger partial charge in [-0.25, -0.2) is 13.2 Å². The number of carboxylic acids is 1. The second kappa shape index (κ2) is 5.56. The van der Waals surface area contributed by atoms with Crippen molar-refractivity contribution in [1.29, 1.82) is 0 Å². The van der Waals surface area contributed by atoms with Gasteiger partial charge in [-0.05, 0) is 13.0 Å². The van der Waals surface area contributed by atoms with Crippen LogP contribution >= 0.6 is 11.8 Å². The van der Waals surface area contributed by atoms with Crippen molar-refractivity contribution >= 4 is 27.8 Å². The third kappa shape index (κ3) is 2.80. The summed E-state index contributed by atoms with van der Waals surface area (Å²) in [6.45, 7) is 3.16. The number of aromatic nitrogens is 1. The molecule has 1 saturated heterocycles. The average molecular weight is 304 g/mol. The number of aromatic carboxylic acids is 1. The number of sulfonamides is 1. The minimum atomic E-state index is -3.57. The topological polar surface area (TPSA) is 79.6 Å². The molecule has 1 aromatic heterocycles. The molecule has 8 heteroatoms. The second-order valence-electron chi connectivity index (χ2n) is 4.17. The van der Waals surface area contributed by atoms with Crippen molar-refractivity contribution in [2.75, 3.05) is 24.6 Å². The first-order chi connectivity index (χ1) is 8.96. The SMILES string of the molecule is CCn1cc(S(=O)(=O)N2CCSCC2)cc1C(=O)O. The minimum Gasteiger partial charge on any atom is -0.477 e. The van der Waals surface area contributed by atoms with Crippen LogP contribution in [0, 0.1) is 0 Å². The van der Waals surface area contributed by atoms with E-state index in [1.807, 2.05) is 0 Å². The maximum absolute atomic E-state index is 12.4. The van der Waals surface area contributed by atoms with Crippen LogP contribution in [0.5, 0.6) is 0 Å². The zero-order valence-corrected chi connectivity index (χ0v) is 12.2. The summed E-state index contributed by atoms with van der Waals surface area (Å²) < 4.78 is 27.7. The molecule has 1 aromatic rings. The third-order valence-corrected chi connectivity index (χ3v) is 5.85. The van der Waals surface area contributed by atoms with Gasteiger partial charge < -0.3 is 9.67 Å². The third-order valence-electron chi connectivity index (χ3n) is 3.04. The van der Waals surface area contributed by atoms with Gasteiger partial charge in [0.15, 0.2) is 0 Å². The first-order valence-corrected chi connectivity index (χ1v) is 8.57. The van der Waals surface area contributed by atoms with Gasteiger partial charge in [0.25, 0.3) is 0 Å². The number of carboxylic acid groups (broad SMARTS) is 1. The fourth-order valence-corrected chi connectivity index (χ4v) is 4.62. The van der Waals surface area contributed by atoms with E-state index in [4.69, 9.17) is 5.11 Å². The van der Waals surface area contributed by atoms with Crippen molar-refractivity contribution in [3.8, 4) is 0 Å². The highest BCUT2D eigenvalue weighted by molar-refractivity contribution is 7.99. The van der Waals surface area contributed by atoms with E-state index in [1.165, 1.54) is 21.1 Å². The molecule has 1 aliphatic heterocycles. The van der Waals surface area contributed by atoms with Gasteiger partial charge in [0.2, 0.25) is 10.0 Å². The molecule has 0 spiro atoms. The van der Waals surface area contributed by atoms with Crippen LogP contribution in [0.15, 0.2) is 17.2 Å². The molecule has 1 fully saturated rings. The molecule has 0 radical (unpaired) electrons. The van der Waals surface area contributed by atoms with E-state index in [1.54, 1.807) is 18.7 Å². The number of thioether (sulfide) groups is 1. The molecule has 0 saturated carbocycles. The summed E-state index contributed by atoms with van der Waals surface area (Å²) in [6, 6.07) is 1.24. The highest BCUT2D eigenvalue weighted by Crippen LogP contribution is 2.22. The van der Waals surface area contributed by atoms with E-state index >= 15 is 0 Å². The van der Waals surface area contributed by atoms with E-state index in [0.717, 1.165) is 11.5 Å². The largest absolute Gasteiger partial charge is 0.477 e. The Balaban J connectivity index is 2.37.